The van der Waals surface area contributed by atoms with Crippen molar-refractivity contribution in [2.75, 3.05) is 13.2 Å². The highest BCUT2D eigenvalue weighted by Crippen LogP contribution is 2.36. The molecule has 0 saturated carbocycles. The molecular weight excluding hydrogens is 468 g/mol. The van der Waals surface area contributed by atoms with Gasteiger partial charge in [0.1, 0.15) is 35.9 Å². The monoisotopic (exact) mass is 508 g/mol. The summed E-state index contributed by atoms with van der Waals surface area (Å²) in [7, 11) is 0. The molecule has 2 bridgehead atoms. The summed E-state index contributed by atoms with van der Waals surface area (Å²) >= 11 is 1.25. The number of ether oxygens (including phenoxy) is 2. The van der Waals surface area contributed by atoms with Gasteiger partial charge in [-0.15, -0.1) is 18.2 Å². The Balaban J connectivity index is 1.46. The number of amides is 1. The van der Waals surface area contributed by atoms with Gasteiger partial charge in [-0.05, 0) is 49.9 Å². The van der Waals surface area contributed by atoms with Gasteiger partial charge in [-0.2, -0.15) is 0 Å². The van der Waals surface area contributed by atoms with Gasteiger partial charge in [0.2, 0.25) is 5.91 Å². The molecule has 3 fully saturated rings. The molecule has 0 aromatic carbocycles. The minimum atomic E-state index is -1.40. The van der Waals surface area contributed by atoms with Crippen molar-refractivity contribution in [2.24, 2.45) is 17.8 Å². The number of carbonyl (C=O) groups is 1. The zero-order valence-electron chi connectivity index (χ0n) is 20.6. The van der Waals surface area contributed by atoms with Crippen molar-refractivity contribution in [3.05, 3.63) is 12.2 Å². The van der Waals surface area contributed by atoms with Crippen LogP contribution in [0.2, 0.25) is 0 Å². The third kappa shape index (κ3) is 6.24. The molecular formula is C26H40N2O6S. The lowest BCUT2D eigenvalue weighted by molar-refractivity contribution is -0.205. The number of aliphatic hydroxyl groups excluding tert-OH is 3. The third-order valence-electron chi connectivity index (χ3n) is 7.67. The van der Waals surface area contributed by atoms with Gasteiger partial charge in [-0.25, -0.2) is 0 Å². The SMILES string of the molecule is C#C[C@@H]1CC=CC[C@@H](NC(=O)[C@H]2NC[C@@H]3C[C@H](CC(C)C)CCO[C@H]32)[C@H]2O[C@H](S1)[C@H](O)[C@@H](O)[C@H]2O. The van der Waals surface area contributed by atoms with Crippen molar-refractivity contribution in [1.82, 2.24) is 10.6 Å². The summed E-state index contributed by atoms with van der Waals surface area (Å²) < 4.78 is 12.2. The highest BCUT2D eigenvalue weighted by atomic mass is 32.2. The molecule has 3 saturated heterocycles. The van der Waals surface area contributed by atoms with Crippen molar-refractivity contribution >= 4 is 17.7 Å². The van der Waals surface area contributed by atoms with Crippen LogP contribution in [0.4, 0.5) is 0 Å². The smallest absolute Gasteiger partial charge is 0.240 e. The van der Waals surface area contributed by atoms with Crippen LogP contribution in [0.5, 0.6) is 0 Å². The van der Waals surface area contributed by atoms with Crippen LogP contribution in [0.15, 0.2) is 12.2 Å². The van der Waals surface area contributed by atoms with Gasteiger partial charge in [-0.1, -0.05) is 31.9 Å². The molecule has 0 aromatic rings. The normalized spacial score (nSPS) is 44.2. The van der Waals surface area contributed by atoms with E-state index in [1.807, 2.05) is 12.2 Å². The fraction of sp³-hybridized carbons (Fsp3) is 0.808. The first-order valence-corrected chi connectivity index (χ1v) is 13.8. The van der Waals surface area contributed by atoms with Crippen LogP contribution in [-0.2, 0) is 14.3 Å². The number of terminal acetylenes is 1. The fourth-order valence-corrected chi connectivity index (χ4v) is 7.06. The average Bonchev–Trinajstić information content (AvgIpc) is 3.11. The summed E-state index contributed by atoms with van der Waals surface area (Å²) in [4.78, 5) is 13.4. The molecule has 0 aliphatic carbocycles. The molecule has 5 N–H and O–H groups in total. The van der Waals surface area contributed by atoms with Crippen LogP contribution in [0.25, 0.3) is 0 Å². The molecule has 1 amide bonds. The second-order valence-electron chi connectivity index (χ2n) is 10.8. The second-order valence-corrected chi connectivity index (χ2v) is 12.1. The third-order valence-corrected chi connectivity index (χ3v) is 8.99. The zero-order chi connectivity index (χ0) is 25.1. The largest absolute Gasteiger partial charge is 0.388 e. The maximum atomic E-state index is 13.4. The minimum Gasteiger partial charge on any atom is -0.388 e. The van der Waals surface area contributed by atoms with Crippen LogP contribution >= 0.6 is 11.8 Å². The Hall–Kier alpha value is -1.12. The van der Waals surface area contributed by atoms with Crippen LogP contribution in [0.3, 0.4) is 0 Å². The van der Waals surface area contributed by atoms with Crippen LogP contribution in [0.1, 0.15) is 46.0 Å². The highest BCUT2D eigenvalue weighted by Gasteiger charge is 2.49. The van der Waals surface area contributed by atoms with Gasteiger partial charge in [0.05, 0.1) is 17.4 Å². The van der Waals surface area contributed by atoms with Gasteiger partial charge in [0.25, 0.3) is 0 Å². The number of rotatable bonds is 4. The van der Waals surface area contributed by atoms with E-state index in [9.17, 15) is 20.1 Å². The lowest BCUT2D eigenvalue weighted by Crippen LogP contribution is -2.64. The highest BCUT2D eigenvalue weighted by molar-refractivity contribution is 8.00. The Bertz CT molecular complexity index is 803. The first-order valence-electron chi connectivity index (χ1n) is 12.9. The number of fused-ring (bicyclic) bond motifs is 3. The number of carbonyl (C=O) groups excluding carboxylic acids is 1. The van der Waals surface area contributed by atoms with E-state index in [0.29, 0.717) is 31.3 Å². The Morgan fingerprint density at radius 2 is 1.97 bits per heavy atom. The van der Waals surface area contributed by atoms with E-state index in [4.69, 9.17) is 15.9 Å². The first-order chi connectivity index (χ1) is 16.8. The van der Waals surface area contributed by atoms with E-state index < -0.39 is 41.9 Å². The maximum absolute atomic E-state index is 13.4. The predicted octanol–water partition coefficient (Wildman–Crippen LogP) is 0.793. The summed E-state index contributed by atoms with van der Waals surface area (Å²) in [5.74, 6) is 4.02. The van der Waals surface area contributed by atoms with Crippen LogP contribution in [-0.4, -0.2) is 87.7 Å². The minimum absolute atomic E-state index is 0.188. The predicted molar refractivity (Wildman–Crippen MR) is 134 cm³/mol. The zero-order valence-corrected chi connectivity index (χ0v) is 21.4. The molecule has 4 rings (SSSR count). The number of hydrogen-bond acceptors (Lipinski definition) is 8. The Morgan fingerprint density at radius 3 is 2.71 bits per heavy atom. The molecule has 0 aromatic heterocycles. The van der Waals surface area contributed by atoms with E-state index in [1.165, 1.54) is 18.2 Å². The standard InChI is InChI=1S/C26H40N2O6S/c1-4-17-7-5-6-8-18(24-21(30)20(29)22(31)26(34-24)35-17)28-25(32)19-23-16(13-27-19)12-15(9-10-33-23)11-14(2)3/h1,5-6,14-24,26-27,29-31H,7-13H2,2-3H3,(H,28,32)/t15-,16-,17+,18+,19-,20-,21+,22+,23+,24+,26+/m0/s1. The summed E-state index contributed by atoms with van der Waals surface area (Å²) in [6, 6.07) is -1.06. The van der Waals surface area contributed by atoms with Crippen molar-refractivity contribution in [2.45, 2.75) is 99.2 Å². The number of allylic oxidation sites excluding steroid dienone is 1. The topological polar surface area (TPSA) is 120 Å². The molecule has 196 valence electrons. The Morgan fingerprint density at radius 1 is 1.20 bits per heavy atom. The average molecular weight is 509 g/mol. The van der Waals surface area contributed by atoms with Gasteiger partial charge >= 0.3 is 0 Å². The summed E-state index contributed by atoms with van der Waals surface area (Å²) in [6.45, 7) is 5.88. The molecule has 11 atom stereocenters. The van der Waals surface area contributed by atoms with Crippen molar-refractivity contribution < 1.29 is 29.6 Å². The van der Waals surface area contributed by atoms with Crippen molar-refractivity contribution in [3.63, 3.8) is 0 Å². The van der Waals surface area contributed by atoms with Gasteiger partial charge in [0, 0.05) is 13.2 Å². The molecule has 9 heteroatoms. The molecule has 0 unspecified atom stereocenters. The summed E-state index contributed by atoms with van der Waals surface area (Å²) in [6.07, 6.45) is 8.63. The van der Waals surface area contributed by atoms with Gasteiger partial charge in [0.15, 0.2) is 0 Å². The van der Waals surface area contributed by atoms with Gasteiger partial charge in [-0.3, -0.25) is 4.79 Å². The second kappa shape index (κ2) is 12.0. The Labute approximate surface area is 212 Å². The maximum Gasteiger partial charge on any atom is 0.240 e. The number of nitrogens with one attached hydrogen (secondary N) is 2. The van der Waals surface area contributed by atoms with E-state index in [-0.39, 0.29) is 23.2 Å². The van der Waals surface area contributed by atoms with E-state index >= 15 is 0 Å². The quantitative estimate of drug-likeness (QED) is 0.279. The van der Waals surface area contributed by atoms with Crippen molar-refractivity contribution in [3.8, 4) is 12.3 Å². The molecule has 0 spiro atoms. The number of thioether (sulfide) groups is 1. The van der Waals surface area contributed by atoms with Crippen LogP contribution in [0, 0.1) is 30.1 Å². The lowest BCUT2D eigenvalue weighted by atomic mass is 9.85. The lowest BCUT2D eigenvalue weighted by Gasteiger charge is -2.44. The molecule has 8 nitrogen and oxygen atoms in total. The van der Waals surface area contributed by atoms with E-state index in [0.717, 1.165) is 19.4 Å². The molecule has 4 aliphatic rings. The molecule has 0 radical (unpaired) electrons. The first kappa shape index (κ1) is 26.9. The molecule has 4 aliphatic heterocycles. The molecule has 35 heavy (non-hydrogen) atoms. The fourth-order valence-electron chi connectivity index (χ4n) is 5.93. The van der Waals surface area contributed by atoms with Gasteiger partial charge < -0.3 is 35.4 Å². The van der Waals surface area contributed by atoms with Crippen LogP contribution < -0.4 is 10.6 Å². The molecule has 4 heterocycles. The number of hydrogen-bond donors (Lipinski definition) is 5. The van der Waals surface area contributed by atoms with E-state index in [1.54, 1.807) is 0 Å². The summed E-state index contributed by atoms with van der Waals surface area (Å²) in [5.41, 5.74) is -0.803. The number of aliphatic hydroxyl groups is 3. The summed E-state index contributed by atoms with van der Waals surface area (Å²) in [5, 5.41) is 37.9. The Kier molecular flexibility index (Phi) is 9.19. The van der Waals surface area contributed by atoms with E-state index in [2.05, 4.69) is 30.4 Å². The van der Waals surface area contributed by atoms with Crippen molar-refractivity contribution in [1.29, 1.82) is 0 Å².